The van der Waals surface area contributed by atoms with Crippen LogP contribution in [0.15, 0.2) is 18.2 Å². The van der Waals surface area contributed by atoms with Crippen LogP contribution in [0.5, 0.6) is 0 Å². The Balaban J connectivity index is 2.37. The van der Waals surface area contributed by atoms with Gasteiger partial charge in [-0.2, -0.15) is 24.9 Å². The Hall–Kier alpha value is -0.950. The number of alkyl halides is 3. The van der Waals surface area contributed by atoms with E-state index in [1.807, 2.05) is 11.8 Å². The fraction of sp³-hybridized carbons (Fsp3) is 0.462. The lowest BCUT2D eigenvalue weighted by Gasteiger charge is -2.33. The minimum atomic E-state index is -4.44. The molecule has 1 atom stereocenters. The van der Waals surface area contributed by atoms with Gasteiger partial charge in [-0.1, -0.05) is 19.1 Å². The molecule has 110 valence electrons. The summed E-state index contributed by atoms with van der Waals surface area (Å²) in [6.45, 7) is 3.74. The molecule has 2 nitrogen and oxygen atoms in total. The van der Waals surface area contributed by atoms with Crippen molar-refractivity contribution < 1.29 is 13.2 Å². The first-order valence-corrected chi connectivity index (χ1v) is 7.62. The molecule has 0 saturated carbocycles. The van der Waals surface area contributed by atoms with Gasteiger partial charge in [-0.3, -0.25) is 0 Å². The first kappa shape index (κ1) is 15.4. The summed E-state index contributed by atoms with van der Waals surface area (Å²) in [5.41, 5.74) is 5.32. The Morgan fingerprint density at radius 2 is 2.15 bits per heavy atom. The number of benzene rings is 1. The zero-order valence-corrected chi connectivity index (χ0v) is 12.5. The molecule has 1 aromatic carbocycles. The van der Waals surface area contributed by atoms with Gasteiger partial charge in [0.1, 0.15) is 4.99 Å². The van der Waals surface area contributed by atoms with Crippen LogP contribution in [0, 0.1) is 0 Å². The molecule has 0 aromatic heterocycles. The van der Waals surface area contributed by atoms with Crippen molar-refractivity contribution in [3.8, 4) is 0 Å². The van der Waals surface area contributed by atoms with Crippen molar-refractivity contribution in [2.75, 3.05) is 23.7 Å². The molecule has 0 amide bonds. The van der Waals surface area contributed by atoms with E-state index in [1.54, 1.807) is 0 Å². The van der Waals surface area contributed by atoms with Gasteiger partial charge >= 0.3 is 6.18 Å². The number of anilines is 1. The van der Waals surface area contributed by atoms with Gasteiger partial charge in [0.2, 0.25) is 0 Å². The fourth-order valence-electron chi connectivity index (χ4n) is 2.23. The van der Waals surface area contributed by atoms with E-state index in [2.05, 4.69) is 11.8 Å². The van der Waals surface area contributed by atoms with Crippen molar-refractivity contribution in [2.24, 2.45) is 5.73 Å². The van der Waals surface area contributed by atoms with Crippen LogP contribution in [-0.4, -0.2) is 29.1 Å². The lowest BCUT2D eigenvalue weighted by Crippen LogP contribution is -2.36. The van der Waals surface area contributed by atoms with Crippen molar-refractivity contribution in [2.45, 2.75) is 18.3 Å². The molecule has 1 fully saturated rings. The SMILES string of the molecule is CC1CN(c2ccc(C(F)(F)F)c(C(N)=S)c2)CCS1. The summed E-state index contributed by atoms with van der Waals surface area (Å²) in [5, 5.41) is 0.458. The van der Waals surface area contributed by atoms with Crippen LogP contribution < -0.4 is 10.6 Å². The van der Waals surface area contributed by atoms with E-state index in [-0.39, 0.29) is 10.6 Å². The van der Waals surface area contributed by atoms with Gasteiger partial charge in [0, 0.05) is 35.3 Å². The highest BCUT2D eigenvalue weighted by atomic mass is 32.2. The lowest BCUT2D eigenvalue weighted by molar-refractivity contribution is -0.137. The maximum Gasteiger partial charge on any atom is 0.417 e. The van der Waals surface area contributed by atoms with Gasteiger partial charge < -0.3 is 10.6 Å². The highest BCUT2D eigenvalue weighted by Crippen LogP contribution is 2.34. The Morgan fingerprint density at radius 1 is 1.45 bits per heavy atom. The van der Waals surface area contributed by atoms with E-state index in [4.69, 9.17) is 18.0 Å². The normalized spacial score (nSPS) is 20.0. The summed E-state index contributed by atoms with van der Waals surface area (Å²) in [5.74, 6) is 0.963. The summed E-state index contributed by atoms with van der Waals surface area (Å²) in [6.07, 6.45) is -4.44. The Kier molecular flexibility index (Phi) is 4.49. The maximum atomic E-state index is 12.9. The molecule has 0 spiro atoms. The molecular weight excluding hydrogens is 305 g/mol. The first-order chi connectivity index (χ1) is 9.29. The van der Waals surface area contributed by atoms with Crippen LogP contribution in [0.3, 0.4) is 0 Å². The molecule has 1 unspecified atom stereocenters. The summed E-state index contributed by atoms with van der Waals surface area (Å²) in [6, 6.07) is 4.01. The zero-order valence-electron chi connectivity index (χ0n) is 10.9. The number of nitrogens with two attached hydrogens (primary N) is 1. The van der Waals surface area contributed by atoms with Crippen molar-refractivity contribution in [1.82, 2.24) is 0 Å². The third-order valence-electron chi connectivity index (χ3n) is 3.18. The Morgan fingerprint density at radius 3 is 2.70 bits per heavy atom. The summed E-state index contributed by atoms with van der Waals surface area (Å²) in [4.78, 5) is 1.85. The average molecular weight is 320 g/mol. The van der Waals surface area contributed by atoms with Crippen LogP contribution in [0.4, 0.5) is 18.9 Å². The van der Waals surface area contributed by atoms with Gasteiger partial charge in [-0.25, -0.2) is 0 Å². The van der Waals surface area contributed by atoms with Crippen LogP contribution in [0.2, 0.25) is 0 Å². The van der Waals surface area contributed by atoms with Crippen LogP contribution in [-0.2, 0) is 6.18 Å². The molecular formula is C13H15F3N2S2. The predicted octanol–water partition coefficient (Wildman–Crippen LogP) is 3.28. The summed E-state index contributed by atoms with van der Waals surface area (Å²) < 4.78 is 38.7. The second-order valence-electron chi connectivity index (χ2n) is 4.72. The van der Waals surface area contributed by atoms with Gasteiger partial charge in [0.15, 0.2) is 0 Å². The summed E-state index contributed by atoms with van der Waals surface area (Å²) >= 11 is 6.62. The number of hydrogen-bond acceptors (Lipinski definition) is 3. The zero-order chi connectivity index (χ0) is 14.9. The predicted molar refractivity (Wildman–Crippen MR) is 81.5 cm³/mol. The van der Waals surface area contributed by atoms with E-state index in [9.17, 15) is 13.2 Å². The lowest BCUT2D eigenvalue weighted by atomic mass is 10.1. The topological polar surface area (TPSA) is 29.3 Å². The minimum Gasteiger partial charge on any atom is -0.389 e. The van der Waals surface area contributed by atoms with Crippen molar-refractivity contribution in [1.29, 1.82) is 0 Å². The number of halogens is 3. The van der Waals surface area contributed by atoms with Gasteiger partial charge in [0.25, 0.3) is 0 Å². The van der Waals surface area contributed by atoms with Gasteiger partial charge in [-0.15, -0.1) is 0 Å². The molecule has 1 aliphatic heterocycles. The first-order valence-electron chi connectivity index (χ1n) is 6.16. The number of hydrogen-bond donors (Lipinski definition) is 1. The molecule has 1 heterocycles. The second-order valence-corrected chi connectivity index (χ2v) is 6.71. The van der Waals surface area contributed by atoms with E-state index in [1.165, 1.54) is 12.1 Å². The molecule has 2 N–H and O–H groups in total. The largest absolute Gasteiger partial charge is 0.417 e. The van der Waals surface area contributed by atoms with Crippen molar-refractivity contribution in [3.63, 3.8) is 0 Å². The molecule has 2 rings (SSSR count). The van der Waals surface area contributed by atoms with Crippen molar-refractivity contribution >= 4 is 34.7 Å². The van der Waals surface area contributed by atoms with Crippen LogP contribution in [0.25, 0.3) is 0 Å². The Labute approximate surface area is 125 Å². The standard InChI is InChI=1S/C13H15F3N2S2/c1-8-7-18(4-5-20-8)9-2-3-11(13(14,15)16)10(6-9)12(17)19/h2-3,6,8H,4-5,7H2,1H3,(H2,17,19). The quantitative estimate of drug-likeness (QED) is 0.847. The second kappa shape index (κ2) is 5.81. The molecule has 1 aliphatic rings. The molecule has 0 bridgehead atoms. The third-order valence-corrected chi connectivity index (χ3v) is 4.54. The Bertz CT molecular complexity index is 517. The third kappa shape index (κ3) is 3.38. The molecule has 1 saturated heterocycles. The van der Waals surface area contributed by atoms with E-state index in [0.717, 1.165) is 30.6 Å². The van der Waals surface area contributed by atoms with Gasteiger partial charge in [0.05, 0.1) is 5.56 Å². The smallest absolute Gasteiger partial charge is 0.389 e. The molecule has 0 aliphatic carbocycles. The molecule has 0 radical (unpaired) electrons. The fourth-order valence-corrected chi connectivity index (χ4v) is 3.42. The number of rotatable bonds is 2. The molecule has 7 heteroatoms. The monoisotopic (exact) mass is 320 g/mol. The maximum absolute atomic E-state index is 12.9. The number of thiocarbonyl (C=S) groups is 1. The average Bonchev–Trinajstić information content (AvgIpc) is 2.37. The van der Waals surface area contributed by atoms with E-state index >= 15 is 0 Å². The van der Waals surface area contributed by atoms with Crippen molar-refractivity contribution in [3.05, 3.63) is 29.3 Å². The van der Waals surface area contributed by atoms with Crippen LogP contribution >= 0.6 is 24.0 Å². The molecule has 20 heavy (non-hydrogen) atoms. The minimum absolute atomic E-state index is 0.101. The highest BCUT2D eigenvalue weighted by Gasteiger charge is 2.34. The number of nitrogens with zero attached hydrogens (tertiary/aromatic N) is 1. The van der Waals surface area contributed by atoms with Crippen LogP contribution in [0.1, 0.15) is 18.1 Å². The van der Waals surface area contributed by atoms with E-state index < -0.39 is 11.7 Å². The highest BCUT2D eigenvalue weighted by molar-refractivity contribution is 8.00. The van der Waals surface area contributed by atoms with E-state index in [0.29, 0.717) is 5.25 Å². The van der Waals surface area contributed by atoms with Gasteiger partial charge in [-0.05, 0) is 18.2 Å². The summed E-state index contributed by atoms with van der Waals surface area (Å²) in [7, 11) is 0. The number of thioether (sulfide) groups is 1. The molecule has 1 aromatic rings.